The third-order valence-corrected chi connectivity index (χ3v) is 4.14. The quantitative estimate of drug-likeness (QED) is 0.355. The molecule has 132 valence electrons. The Balaban J connectivity index is 0.00000225. The summed E-state index contributed by atoms with van der Waals surface area (Å²) < 4.78 is 2.05. The van der Waals surface area contributed by atoms with Crippen LogP contribution in [0.4, 0.5) is 0 Å². The highest BCUT2D eigenvalue weighted by Crippen LogP contribution is 2.18. The van der Waals surface area contributed by atoms with Gasteiger partial charge in [0.2, 0.25) is 0 Å². The molecule has 0 aliphatic heterocycles. The molecule has 5 heteroatoms. The van der Waals surface area contributed by atoms with Gasteiger partial charge in [0.05, 0.1) is 0 Å². The van der Waals surface area contributed by atoms with E-state index < -0.39 is 0 Å². The van der Waals surface area contributed by atoms with E-state index >= 15 is 0 Å². The Morgan fingerprint density at radius 3 is 2.60 bits per heavy atom. The third-order valence-electron chi connectivity index (χ3n) is 4.14. The van der Waals surface area contributed by atoms with Crippen LogP contribution in [0.2, 0.25) is 0 Å². The predicted molar refractivity (Wildman–Crippen MR) is 117 cm³/mol. The van der Waals surface area contributed by atoms with Gasteiger partial charge in [0.25, 0.3) is 0 Å². The SMILES string of the molecule is CN=C(NCCc1cccc2ccccc12)NCc1ccn(C)c1.I. The molecule has 0 saturated heterocycles. The molecule has 0 saturated carbocycles. The van der Waals surface area contributed by atoms with Crippen LogP contribution in [-0.4, -0.2) is 24.1 Å². The zero-order chi connectivity index (χ0) is 16.8. The molecule has 2 N–H and O–H groups in total. The largest absolute Gasteiger partial charge is 0.357 e. The van der Waals surface area contributed by atoms with Gasteiger partial charge in [0.15, 0.2) is 5.96 Å². The van der Waals surface area contributed by atoms with Crippen LogP contribution in [0.1, 0.15) is 11.1 Å². The summed E-state index contributed by atoms with van der Waals surface area (Å²) in [5.74, 6) is 0.832. The maximum absolute atomic E-state index is 4.29. The first-order valence-corrected chi connectivity index (χ1v) is 8.28. The number of fused-ring (bicyclic) bond motifs is 1. The van der Waals surface area contributed by atoms with Crippen LogP contribution >= 0.6 is 24.0 Å². The maximum Gasteiger partial charge on any atom is 0.191 e. The number of halogens is 1. The summed E-state index contributed by atoms with van der Waals surface area (Å²) >= 11 is 0. The fourth-order valence-corrected chi connectivity index (χ4v) is 2.90. The lowest BCUT2D eigenvalue weighted by Crippen LogP contribution is -2.37. The van der Waals surface area contributed by atoms with Crippen LogP contribution in [0.5, 0.6) is 0 Å². The zero-order valence-electron chi connectivity index (χ0n) is 14.7. The van der Waals surface area contributed by atoms with Crippen molar-refractivity contribution in [3.05, 3.63) is 72.1 Å². The highest BCUT2D eigenvalue weighted by Gasteiger charge is 2.02. The van der Waals surface area contributed by atoms with Gasteiger partial charge in [-0.3, -0.25) is 4.99 Å². The molecule has 0 spiro atoms. The van der Waals surface area contributed by atoms with Crippen molar-refractivity contribution in [1.82, 2.24) is 15.2 Å². The summed E-state index contributed by atoms with van der Waals surface area (Å²) in [4.78, 5) is 4.29. The van der Waals surface area contributed by atoms with Gasteiger partial charge in [0, 0.05) is 39.6 Å². The Bertz CT molecular complexity index is 833. The average molecular weight is 448 g/mol. The van der Waals surface area contributed by atoms with Gasteiger partial charge < -0.3 is 15.2 Å². The second-order valence-electron chi connectivity index (χ2n) is 5.93. The van der Waals surface area contributed by atoms with Crippen LogP contribution in [0.25, 0.3) is 10.8 Å². The minimum Gasteiger partial charge on any atom is -0.357 e. The molecule has 0 unspecified atom stereocenters. The topological polar surface area (TPSA) is 41.4 Å². The number of aromatic nitrogens is 1. The van der Waals surface area contributed by atoms with Crippen molar-refractivity contribution in [3.63, 3.8) is 0 Å². The van der Waals surface area contributed by atoms with Crippen molar-refractivity contribution in [3.8, 4) is 0 Å². The van der Waals surface area contributed by atoms with Crippen molar-refractivity contribution in [1.29, 1.82) is 0 Å². The normalized spacial score (nSPS) is 11.2. The van der Waals surface area contributed by atoms with E-state index in [2.05, 4.69) is 70.4 Å². The van der Waals surface area contributed by atoms with Crippen molar-refractivity contribution >= 4 is 40.7 Å². The molecule has 1 aromatic heterocycles. The van der Waals surface area contributed by atoms with Crippen LogP contribution < -0.4 is 10.6 Å². The Labute approximate surface area is 166 Å². The number of nitrogens with zero attached hydrogens (tertiary/aromatic N) is 2. The number of aliphatic imine (C=N–C) groups is 1. The summed E-state index contributed by atoms with van der Waals surface area (Å²) in [6.07, 6.45) is 5.12. The van der Waals surface area contributed by atoms with Gasteiger partial charge in [-0.25, -0.2) is 0 Å². The second-order valence-corrected chi connectivity index (χ2v) is 5.93. The summed E-state index contributed by atoms with van der Waals surface area (Å²) in [5.41, 5.74) is 2.61. The van der Waals surface area contributed by atoms with E-state index in [1.54, 1.807) is 7.05 Å². The average Bonchev–Trinajstić information content (AvgIpc) is 3.03. The molecule has 3 aromatic rings. The molecule has 0 amide bonds. The standard InChI is InChI=1S/C20H24N4.HI/c1-21-20(23-14-16-11-13-24(2)15-16)22-12-10-18-8-5-7-17-6-3-4-9-19(17)18;/h3-9,11,13,15H,10,12,14H2,1-2H3,(H2,21,22,23);1H. The lowest BCUT2D eigenvalue weighted by atomic mass is 10.0. The fraction of sp³-hybridized carbons (Fsp3) is 0.250. The number of aryl methyl sites for hydroxylation is 1. The molecular formula is C20H25IN4. The number of rotatable bonds is 5. The summed E-state index contributed by atoms with van der Waals surface area (Å²) in [5, 5.41) is 9.36. The molecule has 0 fully saturated rings. The minimum absolute atomic E-state index is 0. The minimum atomic E-state index is 0. The third kappa shape index (κ3) is 5.22. The highest BCUT2D eigenvalue weighted by molar-refractivity contribution is 14.0. The number of hydrogen-bond acceptors (Lipinski definition) is 1. The molecule has 1 heterocycles. The molecule has 4 nitrogen and oxygen atoms in total. The van der Waals surface area contributed by atoms with Crippen molar-refractivity contribution in [2.24, 2.45) is 12.0 Å². The molecule has 2 aromatic carbocycles. The Morgan fingerprint density at radius 1 is 1.04 bits per heavy atom. The van der Waals surface area contributed by atoms with Gasteiger partial charge in [0.1, 0.15) is 0 Å². The van der Waals surface area contributed by atoms with Crippen molar-refractivity contribution in [2.45, 2.75) is 13.0 Å². The smallest absolute Gasteiger partial charge is 0.191 e. The van der Waals surface area contributed by atoms with E-state index in [-0.39, 0.29) is 24.0 Å². The first-order chi connectivity index (χ1) is 11.8. The molecule has 0 atom stereocenters. The molecule has 25 heavy (non-hydrogen) atoms. The Morgan fingerprint density at radius 2 is 1.84 bits per heavy atom. The first kappa shape index (κ1) is 19.3. The zero-order valence-corrected chi connectivity index (χ0v) is 17.0. The Hall–Kier alpha value is -2.02. The second kappa shape index (κ2) is 9.46. The molecular weight excluding hydrogens is 423 g/mol. The van der Waals surface area contributed by atoms with Crippen LogP contribution in [-0.2, 0) is 20.0 Å². The van der Waals surface area contributed by atoms with Crippen molar-refractivity contribution in [2.75, 3.05) is 13.6 Å². The maximum atomic E-state index is 4.29. The van der Waals surface area contributed by atoms with Crippen LogP contribution in [0, 0.1) is 0 Å². The van der Waals surface area contributed by atoms with Crippen LogP contribution in [0.3, 0.4) is 0 Å². The lowest BCUT2D eigenvalue weighted by molar-refractivity contribution is 0.794. The highest BCUT2D eigenvalue weighted by atomic mass is 127. The van der Waals surface area contributed by atoms with Crippen LogP contribution in [0.15, 0.2) is 65.9 Å². The van der Waals surface area contributed by atoms with E-state index in [1.807, 2.05) is 17.8 Å². The van der Waals surface area contributed by atoms with Gasteiger partial charge in [-0.05, 0) is 34.4 Å². The number of benzene rings is 2. The van der Waals surface area contributed by atoms with E-state index in [0.717, 1.165) is 25.5 Å². The van der Waals surface area contributed by atoms with Gasteiger partial charge in [-0.15, -0.1) is 24.0 Å². The summed E-state index contributed by atoms with van der Waals surface area (Å²) in [7, 11) is 3.83. The number of hydrogen-bond donors (Lipinski definition) is 2. The summed E-state index contributed by atoms with van der Waals surface area (Å²) in [6.45, 7) is 1.62. The molecule has 0 bridgehead atoms. The predicted octanol–water partition coefficient (Wildman–Crippen LogP) is 3.70. The number of nitrogens with one attached hydrogen (secondary N) is 2. The Kier molecular flexibility index (Phi) is 7.31. The molecule has 3 rings (SSSR count). The monoisotopic (exact) mass is 448 g/mol. The fourth-order valence-electron chi connectivity index (χ4n) is 2.90. The van der Waals surface area contributed by atoms with E-state index in [9.17, 15) is 0 Å². The van der Waals surface area contributed by atoms with E-state index in [0.29, 0.717) is 0 Å². The summed E-state index contributed by atoms with van der Waals surface area (Å²) in [6, 6.07) is 17.1. The molecule has 0 aliphatic rings. The number of guanidine groups is 1. The molecule has 0 radical (unpaired) electrons. The van der Waals surface area contributed by atoms with Crippen molar-refractivity contribution < 1.29 is 0 Å². The van der Waals surface area contributed by atoms with E-state index in [1.165, 1.54) is 21.9 Å². The van der Waals surface area contributed by atoms with Gasteiger partial charge >= 0.3 is 0 Å². The van der Waals surface area contributed by atoms with Gasteiger partial charge in [-0.2, -0.15) is 0 Å². The molecule has 0 aliphatic carbocycles. The first-order valence-electron chi connectivity index (χ1n) is 8.28. The lowest BCUT2D eigenvalue weighted by Gasteiger charge is -2.12. The van der Waals surface area contributed by atoms with E-state index in [4.69, 9.17) is 0 Å². The van der Waals surface area contributed by atoms with Gasteiger partial charge in [-0.1, -0.05) is 42.5 Å².